The quantitative estimate of drug-likeness (QED) is 0.420. The van der Waals surface area contributed by atoms with Gasteiger partial charge in [0.15, 0.2) is 0 Å². The van der Waals surface area contributed by atoms with E-state index in [0.29, 0.717) is 37.7 Å². The number of amides is 3. The zero-order valence-corrected chi connectivity index (χ0v) is 27.3. The van der Waals surface area contributed by atoms with E-state index in [1.165, 1.54) is 11.1 Å². The lowest BCUT2D eigenvalue weighted by Crippen LogP contribution is -2.65. The molecule has 3 aromatic rings. The zero-order chi connectivity index (χ0) is 30.3. The standard InChI is InChI=1S/C32H39BrClN7O2/c1-32(2,3)37-31(43)41-14-13-39(19-27(41)30(42)40-11-4-5-25(40)18-38-12-10-35-20-38)29-26-9-8-24(34)16-21(26)6-7-22-15-23(33)17-36-28(22)29/h8-10,12,15-17,20,25,27,29H,4-7,11,13-14,18-19H2,1-3H3,(H,37,43)/t25-,27-,29?/m1/s1. The third-order valence-corrected chi connectivity index (χ3v) is 9.40. The number of hydrogen-bond acceptors (Lipinski definition) is 5. The molecule has 6 rings (SSSR count). The molecule has 2 fully saturated rings. The summed E-state index contributed by atoms with van der Waals surface area (Å²) in [6, 6.07) is 7.35. The third-order valence-electron chi connectivity index (χ3n) is 8.74. The smallest absolute Gasteiger partial charge is 0.318 e. The van der Waals surface area contributed by atoms with Crippen molar-refractivity contribution in [1.82, 2.24) is 34.6 Å². The van der Waals surface area contributed by atoms with Crippen molar-refractivity contribution < 1.29 is 9.59 Å². The Kier molecular flexibility index (Phi) is 8.54. The topological polar surface area (TPSA) is 86.6 Å². The maximum absolute atomic E-state index is 14.5. The minimum atomic E-state index is -0.627. The normalized spacial score (nSPS) is 22.6. The summed E-state index contributed by atoms with van der Waals surface area (Å²) >= 11 is 10.1. The zero-order valence-electron chi connectivity index (χ0n) is 25.0. The highest BCUT2D eigenvalue weighted by atomic mass is 79.9. The average Bonchev–Trinajstić information content (AvgIpc) is 3.62. The van der Waals surface area contributed by atoms with E-state index < -0.39 is 11.6 Å². The van der Waals surface area contributed by atoms with Crippen LogP contribution in [-0.4, -0.2) is 85.0 Å². The highest BCUT2D eigenvalue weighted by Gasteiger charge is 2.44. The second kappa shape index (κ2) is 12.2. The molecule has 3 amide bonds. The summed E-state index contributed by atoms with van der Waals surface area (Å²) in [6.07, 6.45) is 10.9. The Hall–Kier alpha value is -2.95. The number of benzene rings is 1. The molecule has 2 saturated heterocycles. The molecule has 11 heteroatoms. The third kappa shape index (κ3) is 6.47. The van der Waals surface area contributed by atoms with E-state index in [1.54, 1.807) is 17.4 Å². The summed E-state index contributed by atoms with van der Waals surface area (Å²) in [4.78, 5) is 43.4. The van der Waals surface area contributed by atoms with Crippen LogP contribution in [0.1, 0.15) is 62.0 Å². The van der Waals surface area contributed by atoms with Crippen LogP contribution in [0.4, 0.5) is 4.79 Å². The lowest BCUT2D eigenvalue weighted by Gasteiger charge is -2.45. The fourth-order valence-corrected chi connectivity index (χ4v) is 7.39. The highest BCUT2D eigenvalue weighted by Crippen LogP contribution is 2.39. The van der Waals surface area contributed by atoms with Crippen molar-refractivity contribution in [3.05, 3.63) is 81.1 Å². The number of carbonyl (C=O) groups is 2. The van der Waals surface area contributed by atoms with E-state index >= 15 is 0 Å². The number of imidazole rings is 1. The summed E-state index contributed by atoms with van der Waals surface area (Å²) in [5, 5.41) is 3.83. The molecule has 2 aliphatic heterocycles. The van der Waals surface area contributed by atoms with Crippen LogP contribution in [-0.2, 0) is 24.2 Å². The van der Waals surface area contributed by atoms with E-state index in [0.717, 1.165) is 41.4 Å². The summed E-state index contributed by atoms with van der Waals surface area (Å²) in [5.74, 6) is 0.00492. The maximum atomic E-state index is 14.5. The van der Waals surface area contributed by atoms with Gasteiger partial charge in [-0.05, 0) is 97.3 Å². The molecular formula is C32H39BrClN7O2. The van der Waals surface area contributed by atoms with Crippen molar-refractivity contribution in [2.24, 2.45) is 0 Å². The van der Waals surface area contributed by atoms with Gasteiger partial charge in [0.25, 0.3) is 0 Å². The Balaban J connectivity index is 1.36. The molecule has 0 radical (unpaired) electrons. The summed E-state index contributed by atoms with van der Waals surface area (Å²) < 4.78 is 2.98. The van der Waals surface area contributed by atoms with Crippen molar-refractivity contribution in [3.63, 3.8) is 0 Å². The lowest BCUT2D eigenvalue weighted by molar-refractivity contribution is -0.139. The van der Waals surface area contributed by atoms with Gasteiger partial charge in [-0.2, -0.15) is 0 Å². The first-order chi connectivity index (χ1) is 20.6. The SMILES string of the molecule is CC(C)(C)NC(=O)N1CCN(C2c3ccc(Cl)cc3CCc3cc(Br)cnc32)C[C@@H]1C(=O)N1CCC[C@@H]1Cn1ccnc1. The van der Waals surface area contributed by atoms with Crippen LogP contribution in [0.3, 0.4) is 0 Å². The van der Waals surface area contributed by atoms with Gasteiger partial charge in [0.05, 0.1) is 18.1 Å². The molecule has 1 N–H and O–H groups in total. The maximum Gasteiger partial charge on any atom is 0.318 e. The Morgan fingerprint density at radius 3 is 2.67 bits per heavy atom. The second-order valence-corrected chi connectivity index (χ2v) is 14.3. The lowest BCUT2D eigenvalue weighted by atomic mass is 9.95. The molecule has 1 aliphatic carbocycles. The first-order valence-electron chi connectivity index (χ1n) is 15.1. The van der Waals surface area contributed by atoms with Crippen LogP contribution in [0.5, 0.6) is 0 Å². The van der Waals surface area contributed by atoms with Crippen LogP contribution >= 0.6 is 27.5 Å². The number of nitrogens with zero attached hydrogens (tertiary/aromatic N) is 6. The molecule has 43 heavy (non-hydrogen) atoms. The van der Waals surface area contributed by atoms with Crippen molar-refractivity contribution in [1.29, 1.82) is 0 Å². The van der Waals surface area contributed by atoms with Crippen LogP contribution in [0.15, 0.2) is 53.7 Å². The molecular weight excluding hydrogens is 630 g/mol. The summed E-state index contributed by atoms with van der Waals surface area (Å²) in [5.41, 5.74) is 4.12. The van der Waals surface area contributed by atoms with Gasteiger partial charge >= 0.3 is 6.03 Å². The number of rotatable bonds is 4. The number of likely N-dealkylation sites (tertiary alicyclic amines) is 1. The van der Waals surface area contributed by atoms with Crippen molar-refractivity contribution in [2.75, 3.05) is 26.2 Å². The van der Waals surface area contributed by atoms with Gasteiger partial charge in [-0.3, -0.25) is 14.7 Å². The Bertz CT molecular complexity index is 1440. The minimum Gasteiger partial charge on any atom is -0.336 e. The number of pyridine rings is 1. The molecule has 2 aromatic heterocycles. The number of piperazine rings is 1. The first kappa shape index (κ1) is 30.1. The van der Waals surface area contributed by atoms with Crippen LogP contribution in [0.25, 0.3) is 0 Å². The van der Waals surface area contributed by atoms with Crippen LogP contribution in [0, 0.1) is 0 Å². The number of aryl methyl sites for hydroxylation is 2. The van der Waals surface area contributed by atoms with Crippen molar-refractivity contribution >= 4 is 39.5 Å². The number of hydrogen-bond donors (Lipinski definition) is 1. The Morgan fingerprint density at radius 1 is 1.09 bits per heavy atom. The monoisotopic (exact) mass is 667 g/mol. The number of nitrogens with one attached hydrogen (secondary N) is 1. The van der Waals surface area contributed by atoms with E-state index in [9.17, 15) is 9.59 Å². The fourth-order valence-electron chi connectivity index (χ4n) is 6.81. The molecule has 3 atom stereocenters. The average molecular weight is 669 g/mol. The number of carbonyl (C=O) groups excluding carboxylic acids is 2. The van der Waals surface area contributed by atoms with Gasteiger partial charge in [-0.25, -0.2) is 9.78 Å². The van der Waals surface area contributed by atoms with Gasteiger partial charge < -0.3 is 19.7 Å². The fraction of sp³-hybridized carbons (Fsp3) is 0.500. The van der Waals surface area contributed by atoms with Gasteiger partial charge in [0, 0.05) is 72.4 Å². The van der Waals surface area contributed by atoms with E-state index in [1.807, 2.05) is 48.7 Å². The second-order valence-electron chi connectivity index (χ2n) is 12.9. The largest absolute Gasteiger partial charge is 0.336 e. The van der Waals surface area contributed by atoms with Gasteiger partial charge in [0.2, 0.25) is 5.91 Å². The van der Waals surface area contributed by atoms with E-state index in [2.05, 4.69) is 49.3 Å². The molecule has 0 spiro atoms. The van der Waals surface area contributed by atoms with Gasteiger partial charge in [-0.15, -0.1) is 0 Å². The molecule has 9 nitrogen and oxygen atoms in total. The Labute approximate surface area is 266 Å². The van der Waals surface area contributed by atoms with Crippen molar-refractivity contribution in [2.45, 2.75) is 76.7 Å². The molecule has 3 aliphatic rings. The number of halogens is 2. The van der Waals surface area contributed by atoms with E-state index in [4.69, 9.17) is 16.6 Å². The van der Waals surface area contributed by atoms with Gasteiger partial charge in [0.1, 0.15) is 6.04 Å². The molecule has 1 unspecified atom stereocenters. The molecule has 0 bridgehead atoms. The number of fused-ring (bicyclic) bond motifs is 2. The minimum absolute atomic E-state index is 0.00492. The summed E-state index contributed by atoms with van der Waals surface area (Å²) in [6.45, 7) is 8.74. The predicted molar refractivity (Wildman–Crippen MR) is 170 cm³/mol. The van der Waals surface area contributed by atoms with Crippen LogP contribution in [0.2, 0.25) is 5.02 Å². The number of aromatic nitrogens is 3. The first-order valence-corrected chi connectivity index (χ1v) is 16.3. The van der Waals surface area contributed by atoms with Gasteiger partial charge in [-0.1, -0.05) is 17.7 Å². The Morgan fingerprint density at radius 2 is 1.91 bits per heavy atom. The predicted octanol–water partition coefficient (Wildman–Crippen LogP) is 5.07. The molecule has 1 aromatic carbocycles. The molecule has 0 saturated carbocycles. The molecule has 4 heterocycles. The summed E-state index contributed by atoms with van der Waals surface area (Å²) in [7, 11) is 0. The van der Waals surface area contributed by atoms with Crippen LogP contribution < -0.4 is 5.32 Å². The number of urea groups is 1. The molecule has 228 valence electrons. The highest BCUT2D eigenvalue weighted by molar-refractivity contribution is 9.10. The van der Waals surface area contributed by atoms with E-state index in [-0.39, 0.29) is 24.0 Å². The van der Waals surface area contributed by atoms with Crippen molar-refractivity contribution in [3.8, 4) is 0 Å².